The number of aliphatic carboxylic acids is 1. The Morgan fingerprint density at radius 1 is 1.33 bits per heavy atom. The maximum atomic E-state index is 11.3. The van der Waals surface area contributed by atoms with E-state index in [0.29, 0.717) is 0 Å². The summed E-state index contributed by atoms with van der Waals surface area (Å²) in [5, 5.41) is 8.90. The van der Waals surface area contributed by atoms with Gasteiger partial charge >= 0.3 is 5.97 Å². The summed E-state index contributed by atoms with van der Waals surface area (Å²) in [7, 11) is 3.33. The van der Waals surface area contributed by atoms with Gasteiger partial charge in [0.05, 0.1) is 5.92 Å². The Bertz CT molecular complexity index is 318. The van der Waals surface area contributed by atoms with E-state index in [1.54, 1.807) is 20.2 Å². The lowest BCUT2D eigenvalue weighted by Crippen LogP contribution is -2.18. The third-order valence-electron chi connectivity index (χ3n) is 3.06. The van der Waals surface area contributed by atoms with Gasteiger partial charge in [-0.1, -0.05) is 19.9 Å². The highest BCUT2D eigenvalue weighted by Gasteiger charge is 2.60. The number of nitrogens with zero attached hydrogens (tertiary/aromatic N) is 1. The molecule has 1 rings (SSSR count). The maximum Gasteiger partial charge on any atom is 0.307 e. The Kier molecular flexibility index (Phi) is 2.88. The van der Waals surface area contributed by atoms with Crippen molar-refractivity contribution in [3.05, 3.63) is 12.2 Å². The Morgan fingerprint density at radius 2 is 1.87 bits per heavy atom. The number of allylic oxidation sites excluding steroid dienone is 1. The monoisotopic (exact) mass is 211 g/mol. The number of amides is 1. The minimum absolute atomic E-state index is 0.0288. The second-order valence-electron chi connectivity index (χ2n) is 4.75. The molecule has 0 bridgehead atoms. The van der Waals surface area contributed by atoms with Crippen LogP contribution in [0.4, 0.5) is 0 Å². The predicted octanol–water partition coefficient (Wildman–Crippen LogP) is 0.988. The van der Waals surface area contributed by atoms with E-state index in [0.717, 1.165) is 0 Å². The SMILES string of the molecule is CN(C)C(=O)/C=C/C1C(C(=O)O)C1(C)C. The van der Waals surface area contributed by atoms with Crippen LogP contribution in [0, 0.1) is 17.3 Å². The van der Waals surface area contributed by atoms with Crippen molar-refractivity contribution in [2.24, 2.45) is 17.3 Å². The van der Waals surface area contributed by atoms with E-state index < -0.39 is 5.97 Å². The van der Waals surface area contributed by atoms with Crippen molar-refractivity contribution in [3.8, 4) is 0 Å². The van der Waals surface area contributed by atoms with Gasteiger partial charge in [-0.05, 0) is 17.4 Å². The number of carbonyl (C=O) groups excluding carboxylic acids is 1. The van der Waals surface area contributed by atoms with Crippen molar-refractivity contribution in [2.45, 2.75) is 13.8 Å². The van der Waals surface area contributed by atoms with E-state index in [2.05, 4.69) is 0 Å². The van der Waals surface area contributed by atoms with Gasteiger partial charge < -0.3 is 10.0 Å². The first-order chi connectivity index (χ1) is 6.78. The van der Waals surface area contributed by atoms with Crippen molar-refractivity contribution in [1.82, 2.24) is 4.90 Å². The Balaban J connectivity index is 2.63. The molecule has 1 fully saturated rings. The quantitative estimate of drug-likeness (QED) is 0.708. The van der Waals surface area contributed by atoms with Crippen LogP contribution in [-0.4, -0.2) is 36.0 Å². The zero-order valence-corrected chi connectivity index (χ0v) is 9.52. The lowest BCUT2D eigenvalue weighted by atomic mass is 10.1. The first kappa shape index (κ1) is 11.8. The van der Waals surface area contributed by atoms with Crippen molar-refractivity contribution >= 4 is 11.9 Å². The number of hydrogen-bond donors (Lipinski definition) is 1. The number of hydrogen-bond acceptors (Lipinski definition) is 2. The van der Waals surface area contributed by atoms with Gasteiger partial charge in [0.15, 0.2) is 0 Å². The minimum atomic E-state index is -0.785. The summed E-state index contributed by atoms with van der Waals surface area (Å²) in [5.74, 6) is -1.28. The van der Waals surface area contributed by atoms with Crippen LogP contribution in [0.15, 0.2) is 12.2 Å². The first-order valence-electron chi connectivity index (χ1n) is 4.90. The zero-order chi connectivity index (χ0) is 11.8. The molecule has 0 spiro atoms. The molecule has 4 heteroatoms. The molecule has 4 nitrogen and oxygen atoms in total. The summed E-state index contributed by atoms with van der Waals surface area (Å²) in [6.07, 6.45) is 3.16. The van der Waals surface area contributed by atoms with E-state index in [4.69, 9.17) is 5.11 Å². The van der Waals surface area contributed by atoms with Crippen molar-refractivity contribution in [3.63, 3.8) is 0 Å². The van der Waals surface area contributed by atoms with E-state index in [-0.39, 0.29) is 23.2 Å². The number of likely N-dealkylation sites (N-methyl/N-ethyl adjacent to an activating group) is 1. The fraction of sp³-hybridized carbons (Fsp3) is 0.636. The number of carboxylic acids is 1. The molecule has 84 valence electrons. The molecule has 0 heterocycles. The normalized spacial score (nSPS) is 27.7. The summed E-state index contributed by atoms with van der Waals surface area (Å²) >= 11 is 0. The van der Waals surface area contributed by atoms with Crippen LogP contribution in [0.5, 0.6) is 0 Å². The number of carbonyl (C=O) groups is 2. The summed E-state index contributed by atoms with van der Waals surface area (Å²) in [4.78, 5) is 23.6. The minimum Gasteiger partial charge on any atom is -0.481 e. The lowest BCUT2D eigenvalue weighted by molar-refractivity contribution is -0.139. The predicted molar refractivity (Wildman–Crippen MR) is 56.2 cm³/mol. The summed E-state index contributed by atoms with van der Waals surface area (Å²) in [5.41, 5.74) is -0.227. The highest BCUT2D eigenvalue weighted by atomic mass is 16.4. The molecule has 15 heavy (non-hydrogen) atoms. The van der Waals surface area contributed by atoms with E-state index in [9.17, 15) is 9.59 Å². The summed E-state index contributed by atoms with van der Waals surface area (Å²) in [6, 6.07) is 0. The molecule has 0 aromatic heterocycles. The molecule has 0 aliphatic heterocycles. The smallest absolute Gasteiger partial charge is 0.307 e. The summed E-state index contributed by atoms with van der Waals surface area (Å²) in [6.45, 7) is 3.81. The molecular formula is C11H17NO3. The van der Waals surface area contributed by atoms with E-state index in [1.807, 2.05) is 13.8 Å². The third-order valence-corrected chi connectivity index (χ3v) is 3.06. The van der Waals surface area contributed by atoms with Crippen LogP contribution in [0.1, 0.15) is 13.8 Å². The van der Waals surface area contributed by atoms with Gasteiger partial charge in [0.25, 0.3) is 0 Å². The fourth-order valence-electron chi connectivity index (χ4n) is 1.84. The van der Waals surface area contributed by atoms with Crippen molar-refractivity contribution in [1.29, 1.82) is 0 Å². The molecule has 1 N–H and O–H groups in total. The maximum absolute atomic E-state index is 11.3. The molecular weight excluding hydrogens is 194 g/mol. The van der Waals surface area contributed by atoms with Gasteiger partial charge in [-0.25, -0.2) is 0 Å². The van der Waals surface area contributed by atoms with Crippen molar-refractivity contribution in [2.75, 3.05) is 14.1 Å². The molecule has 0 saturated heterocycles. The topological polar surface area (TPSA) is 57.6 Å². The van der Waals surface area contributed by atoms with E-state index >= 15 is 0 Å². The molecule has 2 atom stereocenters. The second kappa shape index (κ2) is 3.68. The molecule has 1 saturated carbocycles. The van der Waals surface area contributed by atoms with Gasteiger partial charge in [0.1, 0.15) is 0 Å². The van der Waals surface area contributed by atoms with Gasteiger partial charge in [-0.3, -0.25) is 9.59 Å². The average Bonchev–Trinajstić information content (AvgIpc) is 2.63. The second-order valence-corrected chi connectivity index (χ2v) is 4.75. The van der Waals surface area contributed by atoms with Crippen LogP contribution >= 0.6 is 0 Å². The van der Waals surface area contributed by atoms with Crippen LogP contribution in [0.2, 0.25) is 0 Å². The third kappa shape index (κ3) is 2.19. The molecule has 2 unspecified atom stereocenters. The lowest BCUT2D eigenvalue weighted by Gasteiger charge is -2.05. The summed E-state index contributed by atoms with van der Waals surface area (Å²) < 4.78 is 0. The van der Waals surface area contributed by atoms with E-state index in [1.165, 1.54) is 11.0 Å². The zero-order valence-electron chi connectivity index (χ0n) is 9.52. The molecule has 1 aliphatic carbocycles. The molecule has 1 aliphatic rings. The molecule has 0 aromatic rings. The molecule has 0 aromatic carbocycles. The standard InChI is InChI=1S/C11H17NO3/c1-11(2)7(9(11)10(14)15)5-6-8(13)12(3)4/h5-7,9H,1-4H3,(H,14,15)/b6-5+. The Labute approximate surface area is 89.6 Å². The van der Waals surface area contributed by atoms with Gasteiger partial charge in [-0.2, -0.15) is 0 Å². The first-order valence-corrected chi connectivity index (χ1v) is 4.90. The average molecular weight is 211 g/mol. The van der Waals surface area contributed by atoms with Gasteiger partial charge in [0.2, 0.25) is 5.91 Å². The highest BCUT2D eigenvalue weighted by Crippen LogP contribution is 2.58. The molecule has 1 amide bonds. The number of rotatable bonds is 3. The van der Waals surface area contributed by atoms with Crippen LogP contribution in [0.3, 0.4) is 0 Å². The van der Waals surface area contributed by atoms with Gasteiger partial charge in [-0.15, -0.1) is 0 Å². The van der Waals surface area contributed by atoms with Crippen LogP contribution < -0.4 is 0 Å². The Morgan fingerprint density at radius 3 is 2.20 bits per heavy atom. The Hall–Kier alpha value is -1.32. The van der Waals surface area contributed by atoms with Crippen molar-refractivity contribution < 1.29 is 14.7 Å². The fourth-order valence-corrected chi connectivity index (χ4v) is 1.84. The van der Waals surface area contributed by atoms with Crippen LogP contribution in [0.25, 0.3) is 0 Å². The molecule has 0 radical (unpaired) electrons. The van der Waals surface area contributed by atoms with Gasteiger partial charge in [0, 0.05) is 14.1 Å². The van der Waals surface area contributed by atoms with Crippen LogP contribution in [-0.2, 0) is 9.59 Å². The largest absolute Gasteiger partial charge is 0.481 e. The highest BCUT2D eigenvalue weighted by molar-refractivity contribution is 5.87. The number of carboxylic acid groups (broad SMARTS) is 1.